The highest BCUT2D eigenvalue weighted by Crippen LogP contribution is 2.35. The summed E-state index contributed by atoms with van der Waals surface area (Å²) in [7, 11) is 0. The van der Waals surface area contributed by atoms with Crippen molar-refractivity contribution in [3.63, 3.8) is 0 Å². The number of carbonyl (C=O) groups excluding carboxylic acids is 1. The molecule has 1 atom stereocenters. The number of piperidine rings is 1. The number of amides is 1. The van der Waals surface area contributed by atoms with E-state index >= 15 is 0 Å². The largest absolute Gasteiger partial charge is 0.493 e. The number of nitrogens with zero attached hydrogens (tertiary/aromatic N) is 1. The van der Waals surface area contributed by atoms with Crippen molar-refractivity contribution in [3.8, 4) is 5.75 Å². The predicted molar refractivity (Wildman–Crippen MR) is 98.7 cm³/mol. The topological polar surface area (TPSA) is 29.5 Å². The Morgan fingerprint density at radius 1 is 0.960 bits per heavy atom. The molecule has 1 unspecified atom stereocenters. The Labute approximate surface area is 149 Å². The molecular weight excluding hydrogens is 310 g/mol. The molecule has 0 spiro atoms. The maximum atomic E-state index is 13.1. The molecule has 0 bridgehead atoms. The molecule has 2 aromatic rings. The maximum absolute atomic E-state index is 13.1. The Morgan fingerprint density at radius 3 is 2.48 bits per heavy atom. The van der Waals surface area contributed by atoms with Crippen LogP contribution in [0.2, 0.25) is 0 Å². The number of carbonyl (C=O) groups is 1. The summed E-state index contributed by atoms with van der Waals surface area (Å²) in [6.07, 6.45) is 4.12. The third-order valence-electron chi connectivity index (χ3n) is 5.55. The highest BCUT2D eigenvalue weighted by molar-refractivity contribution is 5.85. The summed E-state index contributed by atoms with van der Waals surface area (Å²) < 4.78 is 5.70. The number of hydrogen-bond acceptors (Lipinski definition) is 2. The molecule has 3 nitrogen and oxygen atoms in total. The summed E-state index contributed by atoms with van der Waals surface area (Å²) in [5.74, 6) is 1.82. The molecule has 0 aromatic heterocycles. The monoisotopic (exact) mass is 335 g/mol. The quantitative estimate of drug-likeness (QED) is 0.847. The molecule has 2 aromatic carbocycles. The fourth-order valence-electron chi connectivity index (χ4n) is 4.12. The SMILES string of the molecule is O=C(C1CCOc2ccccc21)N1CCC(Cc2ccccc2)CC1. The zero-order chi connectivity index (χ0) is 17.1. The third-order valence-corrected chi connectivity index (χ3v) is 5.55. The number of para-hydroxylation sites is 1. The van der Waals surface area contributed by atoms with Gasteiger partial charge in [-0.1, -0.05) is 48.5 Å². The summed E-state index contributed by atoms with van der Waals surface area (Å²) in [6, 6.07) is 18.7. The lowest BCUT2D eigenvalue weighted by atomic mass is 9.88. The van der Waals surface area contributed by atoms with E-state index in [0.29, 0.717) is 12.5 Å². The fourth-order valence-corrected chi connectivity index (χ4v) is 4.12. The van der Waals surface area contributed by atoms with Gasteiger partial charge in [0.15, 0.2) is 0 Å². The first-order valence-electron chi connectivity index (χ1n) is 9.35. The molecule has 2 aliphatic rings. The first-order chi connectivity index (χ1) is 12.3. The van der Waals surface area contributed by atoms with Crippen LogP contribution < -0.4 is 4.74 Å². The van der Waals surface area contributed by atoms with Gasteiger partial charge in [-0.2, -0.15) is 0 Å². The fraction of sp³-hybridized carbons (Fsp3) is 0.409. The van der Waals surface area contributed by atoms with Gasteiger partial charge in [0, 0.05) is 18.7 Å². The molecule has 0 N–H and O–H groups in total. The number of benzene rings is 2. The van der Waals surface area contributed by atoms with Crippen molar-refractivity contribution in [1.82, 2.24) is 4.90 Å². The second kappa shape index (κ2) is 7.30. The third kappa shape index (κ3) is 3.55. The van der Waals surface area contributed by atoms with Crippen molar-refractivity contribution >= 4 is 5.91 Å². The molecule has 0 saturated carbocycles. The lowest BCUT2D eigenvalue weighted by Crippen LogP contribution is -2.42. The Bertz CT molecular complexity index is 720. The summed E-state index contributed by atoms with van der Waals surface area (Å²) >= 11 is 0. The van der Waals surface area contributed by atoms with Gasteiger partial charge in [0.05, 0.1) is 12.5 Å². The standard InChI is InChI=1S/C22H25NO2/c24-22(20-12-15-25-21-9-5-4-8-19(20)21)23-13-10-18(11-14-23)16-17-6-2-1-3-7-17/h1-9,18,20H,10-16H2. The van der Waals surface area contributed by atoms with Crippen molar-refractivity contribution in [2.45, 2.75) is 31.6 Å². The molecule has 1 fully saturated rings. The van der Waals surface area contributed by atoms with Crippen LogP contribution in [0.5, 0.6) is 5.75 Å². The molecule has 25 heavy (non-hydrogen) atoms. The lowest BCUT2D eigenvalue weighted by Gasteiger charge is -2.35. The van der Waals surface area contributed by atoms with Crippen molar-refractivity contribution in [2.24, 2.45) is 5.92 Å². The van der Waals surface area contributed by atoms with Gasteiger partial charge < -0.3 is 9.64 Å². The molecule has 1 saturated heterocycles. The second-order valence-corrected chi connectivity index (χ2v) is 7.19. The van der Waals surface area contributed by atoms with E-state index in [1.807, 2.05) is 24.3 Å². The molecule has 2 aliphatic heterocycles. The van der Waals surface area contributed by atoms with Crippen molar-refractivity contribution in [2.75, 3.05) is 19.7 Å². The average Bonchev–Trinajstić information content (AvgIpc) is 2.68. The van der Waals surface area contributed by atoms with E-state index in [1.165, 1.54) is 5.56 Å². The summed E-state index contributed by atoms with van der Waals surface area (Å²) in [5, 5.41) is 0. The number of likely N-dealkylation sites (tertiary alicyclic amines) is 1. The average molecular weight is 335 g/mol. The van der Waals surface area contributed by atoms with Crippen molar-refractivity contribution < 1.29 is 9.53 Å². The molecule has 130 valence electrons. The lowest BCUT2D eigenvalue weighted by molar-refractivity contribution is -0.134. The number of fused-ring (bicyclic) bond motifs is 1. The van der Waals surface area contributed by atoms with Gasteiger partial charge in [-0.25, -0.2) is 0 Å². The van der Waals surface area contributed by atoms with Gasteiger partial charge in [0.25, 0.3) is 0 Å². The minimum atomic E-state index is -0.0318. The van der Waals surface area contributed by atoms with Gasteiger partial charge in [-0.3, -0.25) is 4.79 Å². The van der Waals surface area contributed by atoms with Crippen LogP contribution in [0.15, 0.2) is 54.6 Å². The van der Waals surface area contributed by atoms with E-state index in [4.69, 9.17) is 4.74 Å². The van der Waals surface area contributed by atoms with Crippen LogP contribution in [-0.4, -0.2) is 30.5 Å². The van der Waals surface area contributed by atoms with E-state index < -0.39 is 0 Å². The first-order valence-corrected chi connectivity index (χ1v) is 9.35. The predicted octanol–water partition coefficient (Wildman–Crippen LogP) is 4.03. The molecule has 1 amide bonds. The van der Waals surface area contributed by atoms with Crippen LogP contribution in [0.25, 0.3) is 0 Å². The zero-order valence-corrected chi connectivity index (χ0v) is 14.6. The minimum Gasteiger partial charge on any atom is -0.493 e. The molecular formula is C22H25NO2. The Morgan fingerprint density at radius 2 is 1.68 bits per heavy atom. The highest BCUT2D eigenvalue weighted by Gasteiger charge is 2.32. The maximum Gasteiger partial charge on any atom is 0.230 e. The number of rotatable bonds is 3. The summed E-state index contributed by atoms with van der Waals surface area (Å²) in [5.41, 5.74) is 2.47. The zero-order valence-electron chi connectivity index (χ0n) is 14.6. The van der Waals surface area contributed by atoms with Crippen LogP contribution in [-0.2, 0) is 11.2 Å². The van der Waals surface area contributed by atoms with Crippen molar-refractivity contribution in [3.05, 3.63) is 65.7 Å². The molecule has 4 rings (SSSR count). The van der Waals surface area contributed by atoms with E-state index in [1.54, 1.807) is 0 Å². The van der Waals surface area contributed by atoms with Gasteiger partial charge in [-0.15, -0.1) is 0 Å². The van der Waals surface area contributed by atoms with E-state index in [-0.39, 0.29) is 11.8 Å². The highest BCUT2D eigenvalue weighted by atomic mass is 16.5. The molecule has 0 aliphatic carbocycles. The summed E-state index contributed by atoms with van der Waals surface area (Å²) in [6.45, 7) is 2.41. The van der Waals surface area contributed by atoms with Gasteiger partial charge in [0.2, 0.25) is 5.91 Å². The molecule has 3 heteroatoms. The van der Waals surface area contributed by atoms with Gasteiger partial charge in [-0.05, 0) is 43.2 Å². The Hall–Kier alpha value is -2.29. The van der Waals surface area contributed by atoms with E-state index in [9.17, 15) is 4.79 Å². The summed E-state index contributed by atoms with van der Waals surface area (Å²) in [4.78, 5) is 15.1. The van der Waals surface area contributed by atoms with Crippen LogP contribution in [0.4, 0.5) is 0 Å². The smallest absolute Gasteiger partial charge is 0.230 e. The van der Waals surface area contributed by atoms with E-state index in [2.05, 4.69) is 35.2 Å². The second-order valence-electron chi connectivity index (χ2n) is 7.19. The minimum absolute atomic E-state index is 0.0318. The first kappa shape index (κ1) is 16.2. The number of hydrogen-bond donors (Lipinski definition) is 0. The van der Waals surface area contributed by atoms with Crippen LogP contribution in [0.3, 0.4) is 0 Å². The van der Waals surface area contributed by atoms with Crippen LogP contribution in [0, 0.1) is 5.92 Å². The Kier molecular flexibility index (Phi) is 4.73. The van der Waals surface area contributed by atoms with Gasteiger partial charge in [0.1, 0.15) is 5.75 Å². The van der Waals surface area contributed by atoms with Crippen LogP contribution >= 0.6 is 0 Å². The normalized spacial score (nSPS) is 20.6. The molecule has 2 heterocycles. The van der Waals surface area contributed by atoms with Crippen LogP contribution in [0.1, 0.15) is 36.3 Å². The molecule has 0 radical (unpaired) electrons. The van der Waals surface area contributed by atoms with Crippen molar-refractivity contribution in [1.29, 1.82) is 0 Å². The number of ether oxygens (including phenoxy) is 1. The van der Waals surface area contributed by atoms with E-state index in [0.717, 1.165) is 50.1 Å². The Balaban J connectivity index is 1.37. The van der Waals surface area contributed by atoms with Gasteiger partial charge >= 0.3 is 0 Å².